The second kappa shape index (κ2) is 10.5. The third-order valence-corrected chi connectivity index (χ3v) is 5.75. The highest BCUT2D eigenvalue weighted by atomic mass is 19.1. The SMILES string of the molecule is N#Cc1ccc(CON=C2CCN(CC(O)(Cn3cncn3)c3ccc(F)cc3F)CC2)cc1. The number of halogens is 2. The Morgan fingerprint density at radius 1 is 1.12 bits per heavy atom. The topological polar surface area (TPSA) is 99.6 Å². The number of benzene rings is 2. The van der Waals surface area contributed by atoms with Gasteiger partial charge < -0.3 is 9.94 Å². The van der Waals surface area contributed by atoms with E-state index in [1.54, 1.807) is 12.1 Å². The number of hydrogen-bond donors (Lipinski definition) is 1. The monoisotopic (exact) mass is 466 g/mol. The molecule has 0 saturated carbocycles. The lowest BCUT2D eigenvalue weighted by Crippen LogP contribution is -2.47. The molecule has 0 amide bonds. The van der Waals surface area contributed by atoms with Gasteiger partial charge in [0.05, 0.1) is 23.9 Å². The van der Waals surface area contributed by atoms with Gasteiger partial charge in [-0.05, 0) is 23.8 Å². The van der Waals surface area contributed by atoms with E-state index in [0.717, 1.165) is 23.4 Å². The molecule has 1 saturated heterocycles. The molecule has 1 aliphatic heterocycles. The summed E-state index contributed by atoms with van der Waals surface area (Å²) < 4.78 is 29.5. The van der Waals surface area contributed by atoms with Crippen molar-refractivity contribution in [1.29, 1.82) is 5.26 Å². The quantitative estimate of drug-likeness (QED) is 0.513. The molecule has 3 aromatic rings. The summed E-state index contributed by atoms with van der Waals surface area (Å²) in [7, 11) is 0. The third-order valence-electron chi connectivity index (χ3n) is 5.75. The van der Waals surface area contributed by atoms with E-state index in [0.29, 0.717) is 38.1 Å². The van der Waals surface area contributed by atoms with Gasteiger partial charge in [0.2, 0.25) is 0 Å². The predicted molar refractivity (Wildman–Crippen MR) is 119 cm³/mol. The molecule has 1 aromatic heterocycles. The Labute approximate surface area is 195 Å². The van der Waals surface area contributed by atoms with Crippen LogP contribution in [0.15, 0.2) is 60.3 Å². The van der Waals surface area contributed by atoms with Gasteiger partial charge in [-0.3, -0.25) is 4.90 Å². The van der Waals surface area contributed by atoms with Gasteiger partial charge in [0.15, 0.2) is 0 Å². The fourth-order valence-electron chi connectivity index (χ4n) is 3.97. The molecule has 2 aromatic carbocycles. The highest BCUT2D eigenvalue weighted by Crippen LogP contribution is 2.28. The first-order valence-electron chi connectivity index (χ1n) is 10.8. The van der Waals surface area contributed by atoms with Crippen molar-refractivity contribution in [3.05, 3.63) is 83.4 Å². The molecule has 2 heterocycles. The summed E-state index contributed by atoms with van der Waals surface area (Å²) in [6.45, 7) is 1.61. The molecule has 1 fully saturated rings. The molecule has 4 rings (SSSR count). The van der Waals surface area contributed by atoms with Gasteiger partial charge in [-0.2, -0.15) is 10.4 Å². The molecule has 34 heavy (non-hydrogen) atoms. The summed E-state index contributed by atoms with van der Waals surface area (Å²) in [5, 5.41) is 28.6. The Morgan fingerprint density at radius 3 is 2.53 bits per heavy atom. The average Bonchev–Trinajstić information content (AvgIpc) is 3.33. The lowest BCUT2D eigenvalue weighted by Gasteiger charge is -2.36. The van der Waals surface area contributed by atoms with Gasteiger partial charge in [-0.25, -0.2) is 18.4 Å². The van der Waals surface area contributed by atoms with Gasteiger partial charge in [-0.15, -0.1) is 0 Å². The smallest absolute Gasteiger partial charge is 0.142 e. The van der Waals surface area contributed by atoms with Crippen molar-refractivity contribution in [1.82, 2.24) is 19.7 Å². The van der Waals surface area contributed by atoms with Crippen LogP contribution in [0.1, 0.15) is 29.5 Å². The summed E-state index contributed by atoms with van der Waals surface area (Å²) in [6, 6.07) is 12.4. The Hall–Kier alpha value is -3.68. The van der Waals surface area contributed by atoms with E-state index in [9.17, 15) is 13.9 Å². The Morgan fingerprint density at radius 2 is 1.88 bits per heavy atom. The molecule has 1 N–H and O–H groups in total. The summed E-state index contributed by atoms with van der Waals surface area (Å²) in [5.41, 5.74) is 0.783. The van der Waals surface area contributed by atoms with Crippen molar-refractivity contribution in [2.75, 3.05) is 19.6 Å². The Kier molecular flexibility index (Phi) is 7.25. The highest BCUT2D eigenvalue weighted by Gasteiger charge is 2.36. The number of oxime groups is 1. The lowest BCUT2D eigenvalue weighted by atomic mass is 9.91. The predicted octanol–water partition coefficient (Wildman–Crippen LogP) is 2.98. The molecule has 1 unspecified atom stereocenters. The lowest BCUT2D eigenvalue weighted by molar-refractivity contribution is -0.0220. The molecule has 10 heteroatoms. The number of likely N-dealkylation sites (tertiary alicyclic amines) is 1. The molecule has 0 spiro atoms. The van der Waals surface area contributed by atoms with E-state index >= 15 is 0 Å². The zero-order valence-electron chi connectivity index (χ0n) is 18.4. The van der Waals surface area contributed by atoms with E-state index in [-0.39, 0.29) is 18.7 Å². The van der Waals surface area contributed by atoms with Crippen molar-refractivity contribution in [2.45, 2.75) is 31.6 Å². The maximum atomic E-state index is 14.6. The van der Waals surface area contributed by atoms with Crippen molar-refractivity contribution in [3.63, 3.8) is 0 Å². The van der Waals surface area contributed by atoms with Gasteiger partial charge in [-0.1, -0.05) is 23.4 Å². The molecular weight excluding hydrogens is 442 g/mol. The van der Waals surface area contributed by atoms with Crippen LogP contribution in [0.2, 0.25) is 0 Å². The maximum absolute atomic E-state index is 14.6. The third kappa shape index (κ3) is 5.81. The zero-order chi connectivity index (χ0) is 24.0. The molecular formula is C24H24F2N6O2. The van der Waals surface area contributed by atoms with Crippen LogP contribution in [0.4, 0.5) is 8.78 Å². The number of aliphatic hydroxyl groups is 1. The minimum atomic E-state index is -1.63. The summed E-state index contributed by atoms with van der Waals surface area (Å²) >= 11 is 0. The Balaban J connectivity index is 1.37. The van der Waals surface area contributed by atoms with Crippen LogP contribution in [0.25, 0.3) is 0 Å². The molecule has 8 nitrogen and oxygen atoms in total. The first-order chi connectivity index (χ1) is 16.4. The standard InChI is InChI=1S/C24H24F2N6O2/c25-20-5-6-22(23(26)11-20)24(33,15-32-17-28-16-29-32)14-31-9-7-21(8-10-31)30-34-13-19-3-1-18(12-27)2-4-19/h1-6,11,16-17,33H,7-10,13-15H2. The van der Waals surface area contributed by atoms with Crippen LogP contribution < -0.4 is 0 Å². The van der Waals surface area contributed by atoms with Gasteiger partial charge in [0, 0.05) is 44.1 Å². The fraction of sp³-hybridized carbons (Fsp3) is 0.333. The Bertz CT molecular complexity index is 1170. The van der Waals surface area contributed by atoms with E-state index in [2.05, 4.69) is 21.3 Å². The van der Waals surface area contributed by atoms with Crippen molar-refractivity contribution < 1.29 is 18.7 Å². The highest BCUT2D eigenvalue weighted by molar-refractivity contribution is 5.84. The second-order valence-electron chi connectivity index (χ2n) is 8.26. The number of β-amino-alcohol motifs (C(OH)–C–C–N with tert-alkyl or cyclic N) is 1. The molecule has 1 aliphatic rings. The van der Waals surface area contributed by atoms with Crippen molar-refractivity contribution in [2.24, 2.45) is 5.16 Å². The van der Waals surface area contributed by atoms with Crippen LogP contribution >= 0.6 is 0 Å². The number of hydrogen-bond acceptors (Lipinski definition) is 7. The van der Waals surface area contributed by atoms with Crippen molar-refractivity contribution in [3.8, 4) is 6.07 Å². The van der Waals surface area contributed by atoms with Gasteiger partial charge in [0.25, 0.3) is 0 Å². The largest absolute Gasteiger partial charge is 0.391 e. The minimum Gasteiger partial charge on any atom is -0.391 e. The van der Waals surface area contributed by atoms with E-state index in [4.69, 9.17) is 10.1 Å². The van der Waals surface area contributed by atoms with Crippen LogP contribution in [0.5, 0.6) is 0 Å². The molecule has 0 bridgehead atoms. The van der Waals surface area contributed by atoms with Crippen LogP contribution in [0, 0.1) is 23.0 Å². The fourth-order valence-corrected chi connectivity index (χ4v) is 3.97. The molecule has 1 atom stereocenters. The van der Waals surface area contributed by atoms with Gasteiger partial charge in [0.1, 0.15) is 36.5 Å². The van der Waals surface area contributed by atoms with Crippen molar-refractivity contribution >= 4 is 5.71 Å². The van der Waals surface area contributed by atoms with E-state index in [1.807, 2.05) is 17.0 Å². The average molecular weight is 466 g/mol. The first kappa shape index (κ1) is 23.5. The summed E-state index contributed by atoms with van der Waals surface area (Å²) in [4.78, 5) is 11.4. The van der Waals surface area contributed by atoms with Gasteiger partial charge >= 0.3 is 0 Å². The normalized spacial score (nSPS) is 16.0. The van der Waals surface area contributed by atoms with Crippen LogP contribution in [0.3, 0.4) is 0 Å². The molecule has 0 radical (unpaired) electrons. The maximum Gasteiger partial charge on any atom is 0.142 e. The second-order valence-corrected chi connectivity index (χ2v) is 8.26. The molecule has 176 valence electrons. The number of aromatic nitrogens is 3. The number of nitrogens with zero attached hydrogens (tertiary/aromatic N) is 6. The number of piperidine rings is 1. The summed E-state index contributed by atoms with van der Waals surface area (Å²) in [5.74, 6) is -1.51. The van der Waals surface area contributed by atoms with E-state index < -0.39 is 17.2 Å². The summed E-state index contributed by atoms with van der Waals surface area (Å²) in [6.07, 6.45) is 4.05. The van der Waals surface area contributed by atoms with Crippen LogP contribution in [-0.4, -0.2) is 50.1 Å². The van der Waals surface area contributed by atoms with E-state index in [1.165, 1.54) is 23.4 Å². The molecule has 0 aliphatic carbocycles. The first-order valence-corrected chi connectivity index (χ1v) is 10.8. The number of nitriles is 1. The minimum absolute atomic E-state index is 0.00890. The number of rotatable bonds is 8. The zero-order valence-corrected chi connectivity index (χ0v) is 18.4. The van der Waals surface area contributed by atoms with Crippen LogP contribution in [-0.2, 0) is 23.6 Å².